The number of hydrogen-bond acceptors (Lipinski definition) is 3. The summed E-state index contributed by atoms with van der Waals surface area (Å²) in [4.78, 5) is 0. The molecule has 0 bridgehead atoms. The molecule has 3 atom stereocenters. The molecule has 0 aromatic heterocycles. The van der Waals surface area contributed by atoms with Gasteiger partial charge in [-0.25, -0.2) is 0 Å². The molecule has 1 saturated heterocycles. The molecule has 0 saturated carbocycles. The first kappa shape index (κ1) is 25.9. The molecule has 3 unspecified atom stereocenters. The van der Waals surface area contributed by atoms with Gasteiger partial charge in [0, 0.05) is 0 Å². The number of aliphatic hydroxyl groups is 2. The number of rotatable bonds is 7. The first-order chi connectivity index (χ1) is 11.0. The summed E-state index contributed by atoms with van der Waals surface area (Å²) in [6.07, 6.45) is 7.32. The fraction of sp³-hybridized carbons (Fsp3) is 0.905. The van der Waals surface area contributed by atoms with E-state index in [1.807, 2.05) is 20.8 Å². The Bertz CT molecular complexity index is 317. The number of epoxide rings is 1. The zero-order valence-electron chi connectivity index (χ0n) is 17.7. The number of hydrogen-bond donors (Lipinski definition) is 2. The summed E-state index contributed by atoms with van der Waals surface area (Å²) in [5.74, 6) is 0.153. The predicted octanol–water partition coefficient (Wildman–Crippen LogP) is 5.49. The molecule has 0 radical (unpaired) electrons. The maximum absolute atomic E-state index is 9.14. The molecule has 1 aliphatic rings. The van der Waals surface area contributed by atoms with Crippen LogP contribution in [0.4, 0.5) is 0 Å². The van der Waals surface area contributed by atoms with Gasteiger partial charge in [-0.3, -0.25) is 0 Å². The van der Waals surface area contributed by atoms with Crippen molar-refractivity contribution in [3.8, 4) is 0 Å². The van der Waals surface area contributed by atoms with Crippen LogP contribution >= 0.6 is 0 Å². The monoisotopic (exact) mass is 344 g/mol. The Labute approximate surface area is 151 Å². The summed E-state index contributed by atoms with van der Waals surface area (Å²) in [6.45, 7) is 18.6. The van der Waals surface area contributed by atoms with Gasteiger partial charge in [0.2, 0.25) is 0 Å². The first-order valence-electron chi connectivity index (χ1n) is 9.70. The minimum Gasteiger partial charge on any atom is -0.390 e. The van der Waals surface area contributed by atoms with E-state index in [0.717, 1.165) is 0 Å². The van der Waals surface area contributed by atoms with Crippen LogP contribution < -0.4 is 0 Å². The summed E-state index contributed by atoms with van der Waals surface area (Å²) < 4.78 is 5.34. The smallest absolute Gasteiger partial charge is 0.0892 e. The summed E-state index contributed by atoms with van der Waals surface area (Å²) in [6, 6.07) is 0. The van der Waals surface area contributed by atoms with Crippen LogP contribution in [0.25, 0.3) is 0 Å². The van der Waals surface area contributed by atoms with E-state index < -0.39 is 12.2 Å². The number of allylic oxidation sites excluding steroid dienone is 2. The molecule has 1 aliphatic heterocycles. The maximum Gasteiger partial charge on any atom is 0.0892 e. The Kier molecular flexibility index (Phi) is 14.9. The second-order valence-electron chi connectivity index (χ2n) is 7.78. The third-order valence-corrected chi connectivity index (χ3v) is 4.05. The molecular weight excluding hydrogens is 300 g/mol. The van der Waals surface area contributed by atoms with Crippen LogP contribution in [0.5, 0.6) is 0 Å². The molecule has 1 heterocycles. The second kappa shape index (κ2) is 13.9. The Balaban J connectivity index is 0. The van der Waals surface area contributed by atoms with E-state index >= 15 is 0 Å². The summed E-state index contributed by atoms with van der Waals surface area (Å²) in [5, 5.41) is 18.2. The summed E-state index contributed by atoms with van der Waals surface area (Å²) >= 11 is 0. The van der Waals surface area contributed by atoms with Gasteiger partial charge in [0.25, 0.3) is 0 Å². The van der Waals surface area contributed by atoms with E-state index in [9.17, 15) is 0 Å². The van der Waals surface area contributed by atoms with Crippen LogP contribution in [-0.4, -0.2) is 34.1 Å². The molecule has 24 heavy (non-hydrogen) atoms. The minimum atomic E-state index is -0.560. The lowest BCUT2D eigenvalue weighted by molar-refractivity contribution is -0.00946. The second-order valence-corrected chi connectivity index (χ2v) is 7.78. The van der Waals surface area contributed by atoms with Crippen molar-refractivity contribution in [3.05, 3.63) is 11.6 Å². The van der Waals surface area contributed by atoms with Gasteiger partial charge in [0.1, 0.15) is 0 Å². The van der Waals surface area contributed by atoms with E-state index in [1.54, 1.807) is 0 Å². The normalized spacial score (nSPS) is 20.1. The van der Waals surface area contributed by atoms with Gasteiger partial charge in [-0.15, -0.1) is 0 Å². The van der Waals surface area contributed by atoms with E-state index in [0.29, 0.717) is 12.5 Å². The number of unbranched alkanes of at least 4 members (excludes halogenated alkanes) is 1. The maximum atomic E-state index is 9.14. The van der Waals surface area contributed by atoms with Crippen LogP contribution in [0.2, 0.25) is 0 Å². The molecule has 0 amide bonds. The van der Waals surface area contributed by atoms with Crippen LogP contribution in [0.3, 0.4) is 0 Å². The zero-order valence-corrected chi connectivity index (χ0v) is 17.7. The van der Waals surface area contributed by atoms with Gasteiger partial charge in [0.05, 0.1) is 23.9 Å². The van der Waals surface area contributed by atoms with E-state index in [4.69, 9.17) is 14.9 Å². The van der Waals surface area contributed by atoms with Crippen molar-refractivity contribution in [1.29, 1.82) is 0 Å². The standard InChI is InChI=1S/C7H16O2.C7H14O.C7H14/c1-4-6(8)7(9)5(2)3;1-4-5-6-7(2,3)8-6;1-4-5-6-7(2)3/h5-9H,4H2,1-3H3;6H,4-5H2,1-3H3;6H,4-5H2,1-3H3. The topological polar surface area (TPSA) is 53.0 Å². The predicted molar refractivity (Wildman–Crippen MR) is 105 cm³/mol. The highest BCUT2D eigenvalue weighted by atomic mass is 16.6. The van der Waals surface area contributed by atoms with E-state index in [1.165, 1.54) is 31.3 Å². The molecule has 0 spiro atoms. The van der Waals surface area contributed by atoms with Gasteiger partial charge >= 0.3 is 0 Å². The zero-order chi connectivity index (χ0) is 19.3. The lowest BCUT2D eigenvalue weighted by Gasteiger charge is -2.18. The molecule has 3 heteroatoms. The third kappa shape index (κ3) is 14.0. The highest BCUT2D eigenvalue weighted by molar-refractivity contribution is 4.94. The highest BCUT2D eigenvalue weighted by Gasteiger charge is 2.46. The molecule has 0 aromatic rings. The summed E-state index contributed by atoms with van der Waals surface area (Å²) in [5.41, 5.74) is 1.65. The Hall–Kier alpha value is -0.380. The summed E-state index contributed by atoms with van der Waals surface area (Å²) in [7, 11) is 0. The SMILES string of the molecule is CCC(O)C(O)C(C)C.CCCC1OC1(C)C.CCCC=C(C)C. The molecule has 2 N–H and O–H groups in total. The first-order valence-corrected chi connectivity index (χ1v) is 9.70. The third-order valence-electron chi connectivity index (χ3n) is 4.05. The fourth-order valence-electron chi connectivity index (χ4n) is 2.12. The Morgan fingerprint density at radius 3 is 1.71 bits per heavy atom. The van der Waals surface area contributed by atoms with Gasteiger partial charge in [0.15, 0.2) is 0 Å². The van der Waals surface area contributed by atoms with E-state index in [-0.39, 0.29) is 11.5 Å². The van der Waals surface area contributed by atoms with Crippen molar-refractivity contribution in [2.75, 3.05) is 0 Å². The van der Waals surface area contributed by atoms with Gasteiger partial charge in [-0.1, -0.05) is 59.1 Å². The van der Waals surface area contributed by atoms with Gasteiger partial charge in [-0.05, 0) is 52.9 Å². The van der Waals surface area contributed by atoms with Crippen molar-refractivity contribution in [3.63, 3.8) is 0 Å². The molecule has 0 aromatic carbocycles. The minimum absolute atomic E-state index is 0.153. The molecule has 3 nitrogen and oxygen atoms in total. The largest absolute Gasteiger partial charge is 0.390 e. The molecule has 0 aliphatic carbocycles. The lowest BCUT2D eigenvalue weighted by atomic mass is 10.0. The van der Waals surface area contributed by atoms with Crippen molar-refractivity contribution in [2.45, 2.75) is 118 Å². The van der Waals surface area contributed by atoms with Crippen molar-refractivity contribution in [1.82, 2.24) is 0 Å². The molecular formula is C21H44O3. The Morgan fingerprint density at radius 1 is 1.08 bits per heavy atom. The van der Waals surface area contributed by atoms with Crippen molar-refractivity contribution in [2.24, 2.45) is 5.92 Å². The fourth-order valence-corrected chi connectivity index (χ4v) is 2.12. The highest BCUT2D eigenvalue weighted by Crippen LogP contribution is 2.37. The molecule has 1 fully saturated rings. The van der Waals surface area contributed by atoms with Gasteiger partial charge in [-0.2, -0.15) is 0 Å². The average Bonchev–Trinajstić information content (AvgIpc) is 3.11. The number of aliphatic hydroxyl groups excluding tert-OH is 2. The lowest BCUT2D eigenvalue weighted by Crippen LogP contribution is -2.29. The van der Waals surface area contributed by atoms with Crippen LogP contribution in [0.15, 0.2) is 11.6 Å². The number of ether oxygens (including phenoxy) is 1. The van der Waals surface area contributed by atoms with Crippen LogP contribution in [0.1, 0.15) is 94.4 Å². The van der Waals surface area contributed by atoms with E-state index in [2.05, 4.69) is 47.6 Å². The van der Waals surface area contributed by atoms with Crippen LogP contribution in [0, 0.1) is 5.92 Å². The van der Waals surface area contributed by atoms with Gasteiger partial charge < -0.3 is 14.9 Å². The quantitative estimate of drug-likeness (QED) is 0.474. The average molecular weight is 345 g/mol. The Morgan fingerprint density at radius 2 is 1.58 bits per heavy atom. The van der Waals surface area contributed by atoms with Crippen molar-refractivity contribution >= 4 is 0 Å². The molecule has 146 valence electrons. The molecule has 1 rings (SSSR count). The van der Waals surface area contributed by atoms with Crippen LogP contribution in [-0.2, 0) is 4.74 Å². The van der Waals surface area contributed by atoms with Crippen molar-refractivity contribution < 1.29 is 14.9 Å².